The first-order valence-electron chi connectivity index (χ1n) is 12.8. The van der Waals surface area contributed by atoms with Gasteiger partial charge in [-0.25, -0.2) is 0 Å². The van der Waals surface area contributed by atoms with Gasteiger partial charge in [-0.2, -0.15) is 5.10 Å². The van der Waals surface area contributed by atoms with Crippen molar-refractivity contribution in [1.82, 2.24) is 25.0 Å². The number of piperazine rings is 1. The van der Waals surface area contributed by atoms with Gasteiger partial charge in [0.1, 0.15) is 0 Å². The fourth-order valence-corrected chi connectivity index (χ4v) is 5.62. The molecule has 0 radical (unpaired) electrons. The van der Waals surface area contributed by atoms with Crippen LogP contribution in [-0.2, 0) is 6.54 Å². The number of halogens is 1. The Balaban J connectivity index is 1.84. The molecule has 1 unspecified atom stereocenters. The van der Waals surface area contributed by atoms with Crippen molar-refractivity contribution in [2.45, 2.75) is 32.9 Å². The molecular weight excluding hydrogens is 486 g/mol. The average molecular weight is 520 g/mol. The van der Waals surface area contributed by atoms with Crippen LogP contribution in [0.4, 0.5) is 0 Å². The quantitative estimate of drug-likeness (QED) is 0.332. The summed E-state index contributed by atoms with van der Waals surface area (Å²) in [6.07, 6.45) is 4.59. The Labute approximate surface area is 223 Å². The number of hydrogen-bond donors (Lipinski definition) is 1. The van der Waals surface area contributed by atoms with Gasteiger partial charge in [0, 0.05) is 60.6 Å². The molecule has 0 amide bonds. The summed E-state index contributed by atoms with van der Waals surface area (Å²) >= 11 is 6.63. The second-order valence-electron chi connectivity index (χ2n) is 9.40. The van der Waals surface area contributed by atoms with Gasteiger partial charge in [0.25, 0.3) is 0 Å². The van der Waals surface area contributed by atoms with E-state index in [2.05, 4.69) is 45.9 Å². The van der Waals surface area contributed by atoms with Gasteiger partial charge < -0.3 is 14.8 Å². The summed E-state index contributed by atoms with van der Waals surface area (Å²) in [4.78, 5) is 6.73. The summed E-state index contributed by atoms with van der Waals surface area (Å²) < 4.78 is 14.0. The summed E-state index contributed by atoms with van der Waals surface area (Å²) in [7, 11) is 3.38. The second-order valence-corrected chi connectivity index (χ2v) is 9.81. The lowest BCUT2D eigenvalue weighted by molar-refractivity contribution is 0.166. The van der Waals surface area contributed by atoms with Gasteiger partial charge in [0.15, 0.2) is 11.5 Å². The Morgan fingerprint density at radius 3 is 2.51 bits per heavy atom. The number of benzene rings is 2. The molecule has 5 rings (SSSR count). The predicted molar refractivity (Wildman–Crippen MR) is 149 cm³/mol. The van der Waals surface area contributed by atoms with Crippen LogP contribution in [0.15, 0.2) is 48.8 Å². The van der Waals surface area contributed by atoms with Crippen LogP contribution in [0.25, 0.3) is 22.0 Å². The summed E-state index contributed by atoms with van der Waals surface area (Å²) in [6, 6.07) is 12.3. The molecule has 37 heavy (non-hydrogen) atoms. The summed E-state index contributed by atoms with van der Waals surface area (Å²) in [5.74, 6) is 1.36. The summed E-state index contributed by atoms with van der Waals surface area (Å²) in [5, 5.41) is 10.6. The number of nitrogens with zero attached hydrogens (tertiary/aromatic N) is 4. The van der Waals surface area contributed by atoms with Crippen LogP contribution < -0.4 is 14.8 Å². The first-order valence-corrected chi connectivity index (χ1v) is 13.2. The Morgan fingerprint density at radius 1 is 1.08 bits per heavy atom. The number of methoxy groups -OCH3 is 2. The molecule has 0 saturated carbocycles. The van der Waals surface area contributed by atoms with Crippen LogP contribution in [0.1, 0.15) is 36.2 Å². The Kier molecular flexibility index (Phi) is 7.65. The third kappa shape index (κ3) is 4.79. The van der Waals surface area contributed by atoms with Crippen molar-refractivity contribution in [2.75, 3.05) is 40.4 Å². The van der Waals surface area contributed by atoms with Gasteiger partial charge in [-0.05, 0) is 48.2 Å². The Bertz CT molecular complexity index is 1380. The van der Waals surface area contributed by atoms with Gasteiger partial charge in [0.2, 0.25) is 0 Å². The van der Waals surface area contributed by atoms with Crippen molar-refractivity contribution in [2.24, 2.45) is 0 Å². The van der Waals surface area contributed by atoms with Gasteiger partial charge in [-0.3, -0.25) is 14.6 Å². The minimum atomic E-state index is 0.166. The molecule has 3 heterocycles. The molecule has 1 aliphatic heterocycles. The maximum Gasteiger partial charge on any atom is 0.169 e. The molecule has 1 N–H and O–H groups in total. The van der Waals surface area contributed by atoms with Crippen molar-refractivity contribution in [1.29, 1.82) is 0 Å². The van der Waals surface area contributed by atoms with Crippen LogP contribution >= 0.6 is 11.6 Å². The van der Waals surface area contributed by atoms with E-state index in [0.29, 0.717) is 18.0 Å². The van der Waals surface area contributed by atoms with E-state index in [1.807, 2.05) is 36.7 Å². The van der Waals surface area contributed by atoms with E-state index in [1.165, 1.54) is 0 Å². The number of aromatic nitrogens is 3. The largest absolute Gasteiger partial charge is 0.493 e. The van der Waals surface area contributed by atoms with Crippen LogP contribution in [0.5, 0.6) is 11.5 Å². The predicted octanol–water partition coefficient (Wildman–Crippen LogP) is 5.48. The van der Waals surface area contributed by atoms with E-state index in [-0.39, 0.29) is 6.04 Å². The third-order valence-corrected chi connectivity index (χ3v) is 7.73. The zero-order valence-corrected chi connectivity index (χ0v) is 22.7. The van der Waals surface area contributed by atoms with Crippen molar-refractivity contribution in [3.8, 4) is 22.6 Å². The monoisotopic (exact) mass is 519 g/mol. The number of rotatable bonds is 8. The van der Waals surface area contributed by atoms with Crippen molar-refractivity contribution in [3.05, 3.63) is 70.6 Å². The third-order valence-electron chi connectivity index (χ3n) is 7.32. The van der Waals surface area contributed by atoms with E-state index in [4.69, 9.17) is 26.2 Å². The minimum Gasteiger partial charge on any atom is -0.493 e. The molecule has 0 aliphatic carbocycles. The normalized spacial score (nSPS) is 15.2. The van der Waals surface area contributed by atoms with Crippen molar-refractivity contribution in [3.63, 3.8) is 0 Å². The number of ether oxygens (including phenoxy) is 2. The zero-order chi connectivity index (χ0) is 25.9. The fourth-order valence-electron chi connectivity index (χ4n) is 5.45. The standard InChI is InChI=1S/C29H34ClN5O2/c1-5-23(34-15-13-32-14-16-34)28-27-24(35(33-28)18-20-9-11-31-12-10-20)17-25(36-3)29(37-4)26(27)21-7-6-8-22(30)19(21)2/h6-12,17,23,32H,5,13-16,18H2,1-4H3. The summed E-state index contributed by atoms with van der Waals surface area (Å²) in [6.45, 7) is 8.84. The second kappa shape index (κ2) is 11.1. The molecule has 2 aromatic heterocycles. The van der Waals surface area contributed by atoms with Gasteiger partial charge in [-0.1, -0.05) is 30.7 Å². The van der Waals surface area contributed by atoms with Crippen molar-refractivity contribution < 1.29 is 9.47 Å². The van der Waals surface area contributed by atoms with Crippen LogP contribution in [-0.4, -0.2) is 60.1 Å². The molecule has 1 aliphatic rings. The number of pyridine rings is 1. The average Bonchev–Trinajstić information content (AvgIpc) is 3.28. The highest BCUT2D eigenvalue weighted by molar-refractivity contribution is 6.31. The van der Waals surface area contributed by atoms with E-state index in [9.17, 15) is 0 Å². The Hall–Kier alpha value is -3.13. The van der Waals surface area contributed by atoms with Gasteiger partial charge in [0.05, 0.1) is 38.0 Å². The molecule has 2 aromatic carbocycles. The van der Waals surface area contributed by atoms with E-state index < -0.39 is 0 Å². The highest BCUT2D eigenvalue weighted by Crippen LogP contribution is 2.48. The number of hydrogen-bond acceptors (Lipinski definition) is 6. The maximum atomic E-state index is 6.63. The first-order chi connectivity index (χ1) is 18.1. The van der Waals surface area contributed by atoms with E-state index in [0.717, 1.165) is 76.5 Å². The maximum absolute atomic E-state index is 6.63. The van der Waals surface area contributed by atoms with Gasteiger partial charge in [-0.15, -0.1) is 0 Å². The van der Waals surface area contributed by atoms with Gasteiger partial charge >= 0.3 is 0 Å². The molecule has 0 spiro atoms. The lowest BCUT2D eigenvalue weighted by Crippen LogP contribution is -2.45. The van der Waals surface area contributed by atoms with E-state index >= 15 is 0 Å². The highest BCUT2D eigenvalue weighted by Gasteiger charge is 2.30. The zero-order valence-electron chi connectivity index (χ0n) is 21.9. The van der Waals surface area contributed by atoms with Crippen LogP contribution in [0.2, 0.25) is 5.02 Å². The minimum absolute atomic E-state index is 0.166. The topological polar surface area (TPSA) is 64.4 Å². The summed E-state index contributed by atoms with van der Waals surface area (Å²) in [5.41, 5.74) is 6.20. The van der Waals surface area contributed by atoms with Crippen molar-refractivity contribution >= 4 is 22.5 Å². The van der Waals surface area contributed by atoms with Crippen LogP contribution in [0.3, 0.4) is 0 Å². The smallest absolute Gasteiger partial charge is 0.169 e. The molecule has 4 aromatic rings. The molecule has 7 nitrogen and oxygen atoms in total. The molecule has 8 heteroatoms. The SMILES string of the molecule is CCC(c1nn(Cc2ccncc2)c2cc(OC)c(OC)c(-c3cccc(Cl)c3C)c12)N1CCNCC1. The highest BCUT2D eigenvalue weighted by atomic mass is 35.5. The fraction of sp³-hybridized carbons (Fsp3) is 0.379. The first kappa shape index (κ1) is 25.5. The molecule has 1 atom stereocenters. The molecule has 0 bridgehead atoms. The van der Waals surface area contributed by atoms with Crippen LogP contribution in [0, 0.1) is 6.92 Å². The van der Waals surface area contributed by atoms with E-state index in [1.54, 1.807) is 14.2 Å². The number of nitrogens with one attached hydrogen (secondary N) is 1. The molecule has 1 fully saturated rings. The lowest BCUT2D eigenvalue weighted by atomic mass is 9.92. The molecular formula is C29H34ClN5O2. The molecule has 194 valence electrons. The lowest BCUT2D eigenvalue weighted by Gasteiger charge is -2.34. The number of fused-ring (bicyclic) bond motifs is 1. The Morgan fingerprint density at radius 2 is 1.84 bits per heavy atom. The molecule has 1 saturated heterocycles.